The number of Topliss-reactive ketones (excluding diaryl/α,β-unsaturated/α-hetero) is 1. The third kappa shape index (κ3) is 3.18. The lowest BCUT2D eigenvalue weighted by Gasteiger charge is -2.30. The van der Waals surface area contributed by atoms with Crippen LogP contribution in [0.25, 0.3) is 0 Å². The van der Waals surface area contributed by atoms with E-state index in [2.05, 4.69) is 16.8 Å². The predicted molar refractivity (Wildman–Crippen MR) is 76.3 cm³/mol. The van der Waals surface area contributed by atoms with Gasteiger partial charge in [0.25, 0.3) is 0 Å². The number of carbonyl (C=O) groups is 1. The van der Waals surface area contributed by atoms with Crippen molar-refractivity contribution in [2.45, 2.75) is 45.3 Å². The first-order valence-corrected chi connectivity index (χ1v) is 7.38. The van der Waals surface area contributed by atoms with Gasteiger partial charge in [0.1, 0.15) is 5.60 Å². The Morgan fingerprint density at radius 1 is 1.16 bits per heavy atom. The first-order chi connectivity index (χ1) is 8.72. The molecule has 2 aliphatic rings. The van der Waals surface area contributed by atoms with Gasteiger partial charge in [-0.2, -0.15) is 0 Å². The number of hydrogen-bond donors (Lipinski definition) is 0. The minimum Gasteiger partial charge on any atom is -0.361 e. The molecule has 4 nitrogen and oxygen atoms in total. The Kier molecular flexibility index (Phi) is 4.05. The molecule has 1 unspecified atom stereocenters. The van der Waals surface area contributed by atoms with Gasteiger partial charge in [-0.3, -0.25) is 4.79 Å². The molecule has 0 aromatic carbocycles. The number of likely N-dealkylation sites (N-methyl/N-ethyl adjacent to an activating group) is 1. The molecule has 0 amide bonds. The van der Waals surface area contributed by atoms with Crippen molar-refractivity contribution in [3.63, 3.8) is 0 Å². The molecule has 0 aromatic rings. The standard InChI is InChI=1S/C15H28N2O2/c1-14(2)12(13(18)15(3,4)19-14)11-17-8-6-7-16(5)9-10-17/h12H,6-11H2,1-5H3. The number of nitrogens with zero attached hydrogens (tertiary/aromatic N) is 2. The van der Waals surface area contributed by atoms with Crippen molar-refractivity contribution < 1.29 is 9.53 Å². The Hall–Kier alpha value is -0.450. The molecule has 0 radical (unpaired) electrons. The van der Waals surface area contributed by atoms with Gasteiger partial charge in [0.2, 0.25) is 0 Å². The van der Waals surface area contributed by atoms with Gasteiger partial charge in [0.05, 0.1) is 11.5 Å². The molecule has 0 saturated carbocycles. The fourth-order valence-electron chi connectivity index (χ4n) is 3.36. The summed E-state index contributed by atoms with van der Waals surface area (Å²) in [6, 6.07) is 0. The van der Waals surface area contributed by atoms with Gasteiger partial charge >= 0.3 is 0 Å². The van der Waals surface area contributed by atoms with Crippen LogP contribution in [0.1, 0.15) is 34.1 Å². The van der Waals surface area contributed by atoms with Crippen LogP contribution in [0, 0.1) is 5.92 Å². The first kappa shape index (κ1) is 14.9. The van der Waals surface area contributed by atoms with Crippen molar-refractivity contribution in [2.75, 3.05) is 39.8 Å². The van der Waals surface area contributed by atoms with Crippen molar-refractivity contribution in [1.29, 1.82) is 0 Å². The number of ether oxygens (including phenoxy) is 1. The largest absolute Gasteiger partial charge is 0.361 e. The highest BCUT2D eigenvalue weighted by molar-refractivity contribution is 5.91. The van der Waals surface area contributed by atoms with Crippen molar-refractivity contribution >= 4 is 5.78 Å². The molecule has 2 fully saturated rings. The molecule has 0 spiro atoms. The monoisotopic (exact) mass is 268 g/mol. The van der Waals surface area contributed by atoms with E-state index in [1.807, 2.05) is 27.7 Å². The molecule has 2 heterocycles. The third-order valence-corrected chi connectivity index (χ3v) is 4.52. The second-order valence-electron chi connectivity index (χ2n) is 7.09. The zero-order chi connectivity index (χ0) is 14.3. The second-order valence-corrected chi connectivity index (χ2v) is 7.09. The summed E-state index contributed by atoms with van der Waals surface area (Å²) in [4.78, 5) is 17.3. The average molecular weight is 268 g/mol. The molecule has 4 heteroatoms. The van der Waals surface area contributed by atoms with Crippen LogP contribution in [0.4, 0.5) is 0 Å². The van der Waals surface area contributed by atoms with Crippen LogP contribution in [-0.4, -0.2) is 66.6 Å². The van der Waals surface area contributed by atoms with Crippen LogP contribution in [0.5, 0.6) is 0 Å². The van der Waals surface area contributed by atoms with Gasteiger partial charge in [0.15, 0.2) is 5.78 Å². The van der Waals surface area contributed by atoms with Crippen molar-refractivity contribution in [3.8, 4) is 0 Å². The van der Waals surface area contributed by atoms with Crippen molar-refractivity contribution in [3.05, 3.63) is 0 Å². The molecule has 110 valence electrons. The first-order valence-electron chi connectivity index (χ1n) is 7.38. The Balaban J connectivity index is 2.03. The van der Waals surface area contributed by atoms with E-state index >= 15 is 0 Å². The Bertz CT molecular complexity index is 352. The lowest BCUT2D eigenvalue weighted by molar-refractivity contribution is -0.132. The fourth-order valence-corrected chi connectivity index (χ4v) is 3.36. The van der Waals surface area contributed by atoms with E-state index in [0.717, 1.165) is 32.7 Å². The Morgan fingerprint density at radius 2 is 1.84 bits per heavy atom. The number of ketones is 1. The maximum atomic E-state index is 12.5. The molecule has 0 aliphatic carbocycles. The van der Waals surface area contributed by atoms with Crippen LogP contribution >= 0.6 is 0 Å². The third-order valence-electron chi connectivity index (χ3n) is 4.52. The summed E-state index contributed by atoms with van der Waals surface area (Å²) in [5.41, 5.74) is -0.977. The lowest BCUT2D eigenvalue weighted by atomic mass is 9.85. The highest BCUT2D eigenvalue weighted by atomic mass is 16.5. The maximum absolute atomic E-state index is 12.5. The van der Waals surface area contributed by atoms with Crippen LogP contribution in [0.2, 0.25) is 0 Å². The second kappa shape index (κ2) is 5.15. The summed E-state index contributed by atoms with van der Waals surface area (Å²) in [6.45, 7) is 13.1. The SMILES string of the molecule is CN1CCCN(CC2C(=O)C(C)(C)OC2(C)C)CC1. The van der Waals surface area contributed by atoms with Gasteiger partial charge in [-0.1, -0.05) is 0 Å². The van der Waals surface area contributed by atoms with Gasteiger partial charge in [-0.25, -0.2) is 0 Å². The number of rotatable bonds is 2. The zero-order valence-corrected chi connectivity index (χ0v) is 13.0. The minimum atomic E-state index is -0.628. The summed E-state index contributed by atoms with van der Waals surface area (Å²) in [5, 5.41) is 0. The quantitative estimate of drug-likeness (QED) is 0.758. The molecule has 19 heavy (non-hydrogen) atoms. The molecule has 0 N–H and O–H groups in total. The normalized spacial score (nSPS) is 32.5. The van der Waals surface area contributed by atoms with Gasteiger partial charge in [-0.15, -0.1) is 0 Å². The van der Waals surface area contributed by atoms with E-state index in [1.54, 1.807) is 0 Å². The van der Waals surface area contributed by atoms with E-state index < -0.39 is 5.60 Å². The maximum Gasteiger partial charge on any atom is 0.171 e. The highest BCUT2D eigenvalue weighted by Crippen LogP contribution is 2.39. The van der Waals surface area contributed by atoms with Gasteiger partial charge < -0.3 is 14.5 Å². The van der Waals surface area contributed by atoms with E-state index in [-0.39, 0.29) is 17.3 Å². The zero-order valence-electron chi connectivity index (χ0n) is 13.0. The Morgan fingerprint density at radius 3 is 2.42 bits per heavy atom. The van der Waals surface area contributed by atoms with Crippen molar-refractivity contribution in [2.24, 2.45) is 5.92 Å². The molecular weight excluding hydrogens is 240 g/mol. The lowest BCUT2D eigenvalue weighted by Crippen LogP contribution is -2.42. The highest BCUT2D eigenvalue weighted by Gasteiger charge is 2.53. The summed E-state index contributed by atoms with van der Waals surface area (Å²) in [6.07, 6.45) is 1.18. The minimum absolute atomic E-state index is 0.00842. The summed E-state index contributed by atoms with van der Waals surface area (Å²) in [5.74, 6) is 0.251. The van der Waals surface area contributed by atoms with E-state index in [1.165, 1.54) is 6.42 Å². The summed E-state index contributed by atoms with van der Waals surface area (Å²) < 4.78 is 5.97. The molecular formula is C15H28N2O2. The number of hydrogen-bond acceptors (Lipinski definition) is 4. The van der Waals surface area contributed by atoms with Gasteiger partial charge in [0, 0.05) is 19.6 Å². The van der Waals surface area contributed by atoms with Crippen LogP contribution < -0.4 is 0 Å². The van der Waals surface area contributed by atoms with E-state index in [0.29, 0.717) is 0 Å². The Labute approximate surface area is 117 Å². The summed E-state index contributed by atoms with van der Waals surface area (Å²) in [7, 11) is 2.17. The van der Waals surface area contributed by atoms with E-state index in [9.17, 15) is 4.79 Å². The molecule has 2 saturated heterocycles. The van der Waals surface area contributed by atoms with Crippen LogP contribution in [-0.2, 0) is 9.53 Å². The topological polar surface area (TPSA) is 32.8 Å². The smallest absolute Gasteiger partial charge is 0.171 e. The average Bonchev–Trinajstić information content (AvgIpc) is 2.46. The fraction of sp³-hybridized carbons (Fsp3) is 0.933. The molecule has 0 bridgehead atoms. The molecule has 2 aliphatic heterocycles. The molecule has 1 atom stereocenters. The molecule has 0 aromatic heterocycles. The van der Waals surface area contributed by atoms with E-state index in [4.69, 9.17) is 4.74 Å². The van der Waals surface area contributed by atoms with Gasteiger partial charge in [-0.05, 0) is 54.3 Å². The van der Waals surface area contributed by atoms with Crippen molar-refractivity contribution in [1.82, 2.24) is 9.80 Å². The van der Waals surface area contributed by atoms with Crippen LogP contribution in [0.3, 0.4) is 0 Å². The predicted octanol–water partition coefficient (Wildman–Crippen LogP) is 1.40. The summed E-state index contributed by atoms with van der Waals surface area (Å²) >= 11 is 0. The number of carbonyl (C=O) groups excluding carboxylic acids is 1. The molecule has 2 rings (SSSR count). The van der Waals surface area contributed by atoms with Crippen LogP contribution in [0.15, 0.2) is 0 Å².